The Morgan fingerprint density at radius 3 is 2.50 bits per heavy atom. The Balaban J connectivity index is 1.64. The van der Waals surface area contributed by atoms with Crippen LogP contribution < -0.4 is 19.0 Å². The van der Waals surface area contributed by atoms with Crippen molar-refractivity contribution in [1.82, 2.24) is 4.57 Å². The third-order valence-corrected chi connectivity index (χ3v) is 6.30. The molecule has 1 aromatic heterocycles. The second-order valence-corrected chi connectivity index (χ2v) is 8.75. The number of ether oxygens (including phenoxy) is 4. The standard InChI is InChI=1S/C25H28N2O6S/c1-3-5-6-11-31-18-9-7-17(8-10-18)24(29)26-25-27(16-23(28)30-4-2)19-14-20-21(15-22(19)34-25)33-13-12-32-20/h7-10,14-15H,3-6,11-13,16H2,1-2H3. The van der Waals surface area contributed by atoms with E-state index in [1.807, 2.05) is 12.1 Å². The van der Waals surface area contributed by atoms with Crippen LogP contribution in [0.2, 0.25) is 0 Å². The number of benzene rings is 2. The van der Waals surface area contributed by atoms with Crippen molar-refractivity contribution < 1.29 is 28.5 Å². The van der Waals surface area contributed by atoms with Crippen LogP contribution >= 0.6 is 11.3 Å². The Labute approximate surface area is 201 Å². The van der Waals surface area contributed by atoms with Gasteiger partial charge in [-0.1, -0.05) is 31.1 Å². The number of esters is 1. The van der Waals surface area contributed by atoms with Crippen molar-refractivity contribution in [3.63, 3.8) is 0 Å². The predicted molar refractivity (Wildman–Crippen MR) is 129 cm³/mol. The molecule has 2 aromatic carbocycles. The normalized spacial score (nSPS) is 13.2. The Morgan fingerprint density at radius 1 is 1.06 bits per heavy atom. The van der Waals surface area contributed by atoms with Crippen LogP contribution in [0.1, 0.15) is 43.5 Å². The summed E-state index contributed by atoms with van der Waals surface area (Å²) in [7, 11) is 0. The molecule has 0 unspecified atom stereocenters. The summed E-state index contributed by atoms with van der Waals surface area (Å²) in [6.45, 7) is 5.68. The van der Waals surface area contributed by atoms with Crippen molar-refractivity contribution in [1.29, 1.82) is 0 Å². The number of nitrogens with zero attached hydrogens (tertiary/aromatic N) is 2. The van der Waals surface area contributed by atoms with Crippen molar-refractivity contribution in [2.24, 2.45) is 4.99 Å². The van der Waals surface area contributed by atoms with Crippen LogP contribution in [-0.4, -0.2) is 42.9 Å². The van der Waals surface area contributed by atoms with Gasteiger partial charge in [-0.05, 0) is 37.6 Å². The quantitative estimate of drug-likeness (QED) is 0.332. The van der Waals surface area contributed by atoms with E-state index in [0.717, 1.165) is 35.2 Å². The van der Waals surface area contributed by atoms with Gasteiger partial charge < -0.3 is 23.5 Å². The Hall–Kier alpha value is -3.33. The Kier molecular flexibility index (Phi) is 7.84. The number of hydrogen-bond acceptors (Lipinski definition) is 7. The minimum atomic E-state index is -0.407. The summed E-state index contributed by atoms with van der Waals surface area (Å²) in [6, 6.07) is 10.6. The molecule has 1 aliphatic heterocycles. The number of rotatable bonds is 9. The molecule has 4 rings (SSSR count). The predicted octanol–water partition coefficient (Wildman–Crippen LogP) is 4.35. The molecule has 9 heteroatoms. The minimum absolute atomic E-state index is 0.0653. The monoisotopic (exact) mass is 484 g/mol. The van der Waals surface area contributed by atoms with Crippen LogP contribution in [0.4, 0.5) is 0 Å². The number of fused-ring (bicyclic) bond motifs is 2. The number of carbonyl (C=O) groups is 2. The lowest BCUT2D eigenvalue weighted by Gasteiger charge is -2.18. The molecule has 34 heavy (non-hydrogen) atoms. The molecular formula is C25H28N2O6S. The lowest BCUT2D eigenvalue weighted by Crippen LogP contribution is -2.23. The number of amides is 1. The number of carbonyl (C=O) groups excluding carboxylic acids is 2. The van der Waals surface area contributed by atoms with Crippen LogP contribution in [0.5, 0.6) is 17.2 Å². The lowest BCUT2D eigenvalue weighted by atomic mass is 10.2. The SMILES string of the molecule is CCCCCOc1ccc(C(=O)N=c2sc3cc4c(cc3n2CC(=O)OCC)OCCO4)cc1. The zero-order valence-electron chi connectivity index (χ0n) is 19.4. The van der Waals surface area contributed by atoms with E-state index in [2.05, 4.69) is 11.9 Å². The Morgan fingerprint density at radius 2 is 1.79 bits per heavy atom. The molecule has 2 heterocycles. The van der Waals surface area contributed by atoms with Crippen molar-refractivity contribution in [3.05, 3.63) is 46.8 Å². The van der Waals surface area contributed by atoms with Gasteiger partial charge in [0, 0.05) is 17.7 Å². The van der Waals surface area contributed by atoms with Gasteiger partial charge in [0.1, 0.15) is 25.5 Å². The highest BCUT2D eigenvalue weighted by Crippen LogP contribution is 2.35. The zero-order chi connectivity index (χ0) is 23.9. The third kappa shape index (κ3) is 5.59. The summed E-state index contributed by atoms with van der Waals surface area (Å²) in [5, 5.41) is 0. The third-order valence-electron chi connectivity index (χ3n) is 5.25. The van der Waals surface area contributed by atoms with Gasteiger partial charge in [0.25, 0.3) is 5.91 Å². The topological polar surface area (TPSA) is 88.4 Å². The average Bonchev–Trinajstić information content (AvgIpc) is 3.16. The summed E-state index contributed by atoms with van der Waals surface area (Å²) < 4.78 is 24.7. The van der Waals surface area contributed by atoms with E-state index >= 15 is 0 Å². The Bertz CT molecular complexity index is 1230. The molecule has 0 saturated heterocycles. The largest absolute Gasteiger partial charge is 0.494 e. The molecule has 180 valence electrons. The van der Waals surface area contributed by atoms with Gasteiger partial charge in [0.05, 0.1) is 23.4 Å². The van der Waals surface area contributed by atoms with Crippen molar-refractivity contribution in [2.45, 2.75) is 39.7 Å². The van der Waals surface area contributed by atoms with Gasteiger partial charge in [0.15, 0.2) is 16.3 Å². The van der Waals surface area contributed by atoms with E-state index in [0.29, 0.717) is 41.7 Å². The van der Waals surface area contributed by atoms with E-state index in [1.54, 1.807) is 35.8 Å². The fraction of sp³-hybridized carbons (Fsp3) is 0.400. The number of aromatic nitrogens is 1. The van der Waals surface area contributed by atoms with E-state index in [-0.39, 0.29) is 13.2 Å². The molecular weight excluding hydrogens is 456 g/mol. The first-order valence-electron chi connectivity index (χ1n) is 11.5. The van der Waals surface area contributed by atoms with Gasteiger partial charge in [-0.25, -0.2) is 0 Å². The molecule has 0 aliphatic carbocycles. The molecule has 0 N–H and O–H groups in total. The van der Waals surface area contributed by atoms with E-state index < -0.39 is 11.9 Å². The fourth-order valence-corrected chi connectivity index (χ4v) is 4.61. The summed E-state index contributed by atoms with van der Waals surface area (Å²) in [4.78, 5) is 30.0. The number of hydrogen-bond donors (Lipinski definition) is 0. The first-order chi connectivity index (χ1) is 16.6. The molecule has 0 atom stereocenters. The molecule has 8 nitrogen and oxygen atoms in total. The van der Waals surface area contributed by atoms with Crippen LogP contribution in [-0.2, 0) is 16.1 Å². The summed E-state index contributed by atoms with van der Waals surface area (Å²) >= 11 is 1.31. The fourth-order valence-electron chi connectivity index (χ4n) is 3.57. The van der Waals surface area contributed by atoms with Crippen LogP contribution in [0.15, 0.2) is 41.4 Å². The molecule has 0 radical (unpaired) electrons. The van der Waals surface area contributed by atoms with Crippen LogP contribution in [0, 0.1) is 0 Å². The second-order valence-electron chi connectivity index (χ2n) is 7.74. The molecule has 1 aliphatic rings. The van der Waals surface area contributed by atoms with Crippen molar-refractivity contribution in [3.8, 4) is 17.2 Å². The van der Waals surface area contributed by atoms with Gasteiger partial charge in [-0.15, -0.1) is 0 Å². The molecule has 0 fully saturated rings. The van der Waals surface area contributed by atoms with E-state index in [9.17, 15) is 9.59 Å². The first kappa shape index (κ1) is 23.8. The van der Waals surface area contributed by atoms with Crippen LogP contribution in [0.3, 0.4) is 0 Å². The van der Waals surface area contributed by atoms with E-state index in [4.69, 9.17) is 18.9 Å². The minimum Gasteiger partial charge on any atom is -0.494 e. The summed E-state index contributed by atoms with van der Waals surface area (Å²) in [6.07, 6.45) is 3.25. The maximum absolute atomic E-state index is 12.9. The molecule has 0 bridgehead atoms. The smallest absolute Gasteiger partial charge is 0.326 e. The van der Waals surface area contributed by atoms with Gasteiger partial charge in [-0.3, -0.25) is 9.59 Å². The van der Waals surface area contributed by atoms with E-state index in [1.165, 1.54) is 11.3 Å². The maximum atomic E-state index is 12.9. The average molecular weight is 485 g/mol. The zero-order valence-corrected chi connectivity index (χ0v) is 20.2. The lowest BCUT2D eigenvalue weighted by molar-refractivity contribution is -0.143. The number of thiazole rings is 1. The first-order valence-corrected chi connectivity index (χ1v) is 12.3. The number of unbranched alkanes of at least 4 members (excludes halogenated alkanes) is 2. The van der Waals surface area contributed by atoms with Crippen LogP contribution in [0.25, 0.3) is 10.2 Å². The highest BCUT2D eigenvalue weighted by Gasteiger charge is 2.18. The van der Waals surface area contributed by atoms with Gasteiger partial charge >= 0.3 is 5.97 Å². The molecule has 0 saturated carbocycles. The molecule has 3 aromatic rings. The van der Waals surface area contributed by atoms with Gasteiger partial charge in [0.2, 0.25) is 0 Å². The maximum Gasteiger partial charge on any atom is 0.326 e. The second kappa shape index (κ2) is 11.2. The van der Waals surface area contributed by atoms with Crippen molar-refractivity contribution in [2.75, 3.05) is 26.4 Å². The molecule has 1 amide bonds. The summed E-state index contributed by atoms with van der Waals surface area (Å²) in [5.41, 5.74) is 1.16. The van der Waals surface area contributed by atoms with Crippen molar-refractivity contribution >= 4 is 33.4 Å². The summed E-state index contributed by atoms with van der Waals surface area (Å²) in [5.74, 6) is 1.14. The highest BCUT2D eigenvalue weighted by atomic mass is 32.1. The molecule has 0 spiro atoms. The van der Waals surface area contributed by atoms with Gasteiger partial charge in [-0.2, -0.15) is 4.99 Å². The highest BCUT2D eigenvalue weighted by molar-refractivity contribution is 7.16.